The molecule has 0 atom stereocenters. The molecular formula is C14H11FN2O2S. The third-order valence-electron chi connectivity index (χ3n) is 2.96. The van der Waals surface area contributed by atoms with Gasteiger partial charge in [-0.2, -0.15) is 0 Å². The molecule has 0 fully saturated rings. The Bertz CT molecular complexity index is 750. The Hall–Kier alpha value is -2.21. The van der Waals surface area contributed by atoms with Crippen LogP contribution in [0.4, 0.5) is 4.39 Å². The van der Waals surface area contributed by atoms with E-state index in [-0.39, 0.29) is 23.5 Å². The van der Waals surface area contributed by atoms with Crippen LogP contribution in [-0.4, -0.2) is 22.3 Å². The molecule has 0 spiro atoms. The number of thiazole rings is 1. The number of imidazole rings is 1. The second-order valence-corrected chi connectivity index (χ2v) is 5.12. The number of Topliss-reactive ketones (excluding diaryl/α,β-unsaturated/α-hetero) is 1. The zero-order chi connectivity index (χ0) is 14.1. The lowest BCUT2D eigenvalue weighted by molar-refractivity contribution is 0.0985. The Morgan fingerprint density at radius 2 is 2.35 bits per heavy atom. The van der Waals surface area contributed by atoms with Gasteiger partial charge < -0.3 is 4.74 Å². The molecule has 0 saturated carbocycles. The highest BCUT2D eigenvalue weighted by Gasteiger charge is 2.19. The number of halogens is 1. The molecule has 0 aliphatic carbocycles. The number of ether oxygens (including phenoxy) is 1. The third-order valence-corrected chi connectivity index (χ3v) is 3.73. The van der Waals surface area contributed by atoms with Gasteiger partial charge in [0.1, 0.15) is 11.6 Å². The molecule has 20 heavy (non-hydrogen) atoms. The molecule has 3 aromatic rings. The minimum absolute atomic E-state index is 0.0219. The number of carbonyl (C=O) groups excluding carboxylic acids is 1. The molecule has 0 saturated heterocycles. The molecule has 0 bridgehead atoms. The van der Waals surface area contributed by atoms with Crippen LogP contribution in [0.5, 0.6) is 5.75 Å². The van der Waals surface area contributed by atoms with Gasteiger partial charge in [-0.15, -0.1) is 11.3 Å². The molecule has 4 nitrogen and oxygen atoms in total. The van der Waals surface area contributed by atoms with Gasteiger partial charge in [-0.25, -0.2) is 9.37 Å². The fraction of sp³-hybridized carbons (Fsp3) is 0.143. The Balaban J connectivity index is 1.91. The Morgan fingerprint density at radius 3 is 3.10 bits per heavy atom. The number of nitrogens with zero attached hydrogens (tertiary/aromatic N) is 2. The van der Waals surface area contributed by atoms with Crippen LogP contribution < -0.4 is 4.74 Å². The highest BCUT2D eigenvalue weighted by Crippen LogP contribution is 2.23. The monoisotopic (exact) mass is 290 g/mol. The van der Waals surface area contributed by atoms with Crippen molar-refractivity contribution in [3.8, 4) is 5.75 Å². The number of benzene rings is 1. The first-order valence-electron chi connectivity index (χ1n) is 5.96. The summed E-state index contributed by atoms with van der Waals surface area (Å²) in [6.45, 7) is 0. The van der Waals surface area contributed by atoms with Gasteiger partial charge in [-0.1, -0.05) is 6.07 Å². The Kier molecular flexibility index (Phi) is 3.23. The summed E-state index contributed by atoms with van der Waals surface area (Å²) in [5.74, 6) is -0.669. The van der Waals surface area contributed by atoms with E-state index < -0.39 is 5.82 Å². The van der Waals surface area contributed by atoms with Crippen LogP contribution in [0.3, 0.4) is 0 Å². The molecule has 0 aliphatic rings. The zero-order valence-corrected chi connectivity index (χ0v) is 11.5. The van der Waals surface area contributed by atoms with Crippen molar-refractivity contribution in [3.05, 3.63) is 53.0 Å². The Labute approximate surface area is 118 Å². The maximum atomic E-state index is 13.8. The summed E-state index contributed by atoms with van der Waals surface area (Å²) in [5.41, 5.74) is 0.596. The minimum atomic E-state index is -0.574. The van der Waals surface area contributed by atoms with E-state index >= 15 is 0 Å². The predicted octanol–water partition coefficient (Wildman–Crippen LogP) is 2.97. The van der Waals surface area contributed by atoms with Gasteiger partial charge in [0.2, 0.25) is 0 Å². The number of methoxy groups -OCH3 is 1. The Morgan fingerprint density at radius 1 is 1.50 bits per heavy atom. The van der Waals surface area contributed by atoms with E-state index in [0.29, 0.717) is 5.69 Å². The smallest absolute Gasteiger partial charge is 0.193 e. The summed E-state index contributed by atoms with van der Waals surface area (Å²) in [6, 6.07) is 4.33. The van der Waals surface area contributed by atoms with Crippen LogP contribution in [0.2, 0.25) is 0 Å². The first-order valence-corrected chi connectivity index (χ1v) is 6.84. The molecule has 0 aliphatic heterocycles. The van der Waals surface area contributed by atoms with Gasteiger partial charge in [0.05, 0.1) is 24.8 Å². The van der Waals surface area contributed by atoms with Gasteiger partial charge in [0.25, 0.3) is 0 Å². The SMILES string of the molecule is COc1cccc(F)c1C(=O)Cc1cn2ccsc2n1. The number of hydrogen-bond acceptors (Lipinski definition) is 4. The molecule has 0 N–H and O–H groups in total. The van der Waals surface area contributed by atoms with E-state index in [1.54, 1.807) is 12.3 Å². The maximum Gasteiger partial charge on any atom is 0.193 e. The van der Waals surface area contributed by atoms with Crippen molar-refractivity contribution in [2.45, 2.75) is 6.42 Å². The van der Waals surface area contributed by atoms with E-state index in [1.165, 1.54) is 30.6 Å². The second kappa shape index (κ2) is 5.05. The number of aromatic nitrogens is 2. The number of fused-ring (bicyclic) bond motifs is 1. The zero-order valence-electron chi connectivity index (χ0n) is 10.7. The van der Waals surface area contributed by atoms with Gasteiger partial charge in [0, 0.05) is 17.8 Å². The van der Waals surface area contributed by atoms with Crippen LogP contribution in [-0.2, 0) is 6.42 Å². The molecule has 6 heteroatoms. The number of carbonyl (C=O) groups is 1. The molecular weight excluding hydrogens is 279 g/mol. The predicted molar refractivity (Wildman–Crippen MR) is 74.1 cm³/mol. The summed E-state index contributed by atoms with van der Waals surface area (Å²) in [6.07, 6.45) is 3.69. The molecule has 2 aromatic heterocycles. The van der Waals surface area contributed by atoms with Crippen LogP contribution in [0.25, 0.3) is 4.96 Å². The average Bonchev–Trinajstić information content (AvgIpc) is 2.98. The molecule has 2 heterocycles. The summed E-state index contributed by atoms with van der Waals surface area (Å²) in [5, 5.41) is 1.91. The number of hydrogen-bond donors (Lipinski definition) is 0. The molecule has 0 amide bonds. The molecule has 102 valence electrons. The topological polar surface area (TPSA) is 43.6 Å². The largest absolute Gasteiger partial charge is 0.496 e. The van der Waals surface area contributed by atoms with Crippen molar-refractivity contribution in [1.29, 1.82) is 0 Å². The quantitative estimate of drug-likeness (QED) is 0.694. The van der Waals surface area contributed by atoms with Crippen molar-refractivity contribution >= 4 is 22.1 Å². The van der Waals surface area contributed by atoms with E-state index in [1.807, 2.05) is 16.0 Å². The highest BCUT2D eigenvalue weighted by molar-refractivity contribution is 7.15. The standard InChI is InChI=1S/C14H11FN2O2S/c1-19-12-4-2-3-10(15)13(12)11(18)7-9-8-17-5-6-20-14(17)16-9/h2-6,8H,7H2,1H3. The lowest BCUT2D eigenvalue weighted by Crippen LogP contribution is -2.08. The van der Waals surface area contributed by atoms with Crippen molar-refractivity contribution < 1.29 is 13.9 Å². The summed E-state index contributed by atoms with van der Waals surface area (Å²) in [4.78, 5) is 17.4. The fourth-order valence-electron chi connectivity index (χ4n) is 2.06. The van der Waals surface area contributed by atoms with Crippen LogP contribution in [0.1, 0.15) is 16.1 Å². The normalized spacial score (nSPS) is 10.9. The van der Waals surface area contributed by atoms with E-state index in [9.17, 15) is 9.18 Å². The van der Waals surface area contributed by atoms with Gasteiger partial charge in [-0.3, -0.25) is 9.20 Å². The summed E-state index contributed by atoms with van der Waals surface area (Å²) < 4.78 is 20.7. The lowest BCUT2D eigenvalue weighted by atomic mass is 10.1. The van der Waals surface area contributed by atoms with Crippen LogP contribution in [0, 0.1) is 5.82 Å². The molecule has 0 radical (unpaired) electrons. The van der Waals surface area contributed by atoms with E-state index in [4.69, 9.17) is 4.74 Å². The van der Waals surface area contributed by atoms with Crippen LogP contribution >= 0.6 is 11.3 Å². The van der Waals surface area contributed by atoms with Crippen LogP contribution in [0.15, 0.2) is 36.0 Å². The summed E-state index contributed by atoms with van der Waals surface area (Å²) in [7, 11) is 1.41. The average molecular weight is 290 g/mol. The van der Waals surface area contributed by atoms with Crippen molar-refractivity contribution in [2.24, 2.45) is 0 Å². The highest BCUT2D eigenvalue weighted by atomic mass is 32.1. The first-order chi connectivity index (χ1) is 9.69. The number of rotatable bonds is 4. The molecule has 1 aromatic carbocycles. The fourth-order valence-corrected chi connectivity index (χ4v) is 2.78. The molecule has 3 rings (SSSR count). The van der Waals surface area contributed by atoms with Gasteiger partial charge >= 0.3 is 0 Å². The third kappa shape index (κ3) is 2.18. The minimum Gasteiger partial charge on any atom is -0.496 e. The van der Waals surface area contributed by atoms with Gasteiger partial charge in [-0.05, 0) is 12.1 Å². The number of ketones is 1. The first kappa shape index (κ1) is 12.8. The van der Waals surface area contributed by atoms with Crippen molar-refractivity contribution in [2.75, 3.05) is 7.11 Å². The van der Waals surface area contributed by atoms with Gasteiger partial charge in [0.15, 0.2) is 10.7 Å². The summed E-state index contributed by atoms with van der Waals surface area (Å²) >= 11 is 1.48. The van der Waals surface area contributed by atoms with E-state index in [2.05, 4.69) is 4.98 Å². The van der Waals surface area contributed by atoms with Crippen molar-refractivity contribution in [1.82, 2.24) is 9.38 Å². The van der Waals surface area contributed by atoms with E-state index in [0.717, 1.165) is 4.96 Å². The maximum absolute atomic E-state index is 13.8. The lowest BCUT2D eigenvalue weighted by Gasteiger charge is -2.07. The second-order valence-electron chi connectivity index (χ2n) is 4.24. The van der Waals surface area contributed by atoms with Crippen molar-refractivity contribution in [3.63, 3.8) is 0 Å². The molecule has 0 unspecified atom stereocenters.